The Morgan fingerprint density at radius 3 is 3.06 bits per heavy atom. The van der Waals surface area contributed by atoms with Gasteiger partial charge in [-0.2, -0.15) is 14.7 Å². The van der Waals surface area contributed by atoms with E-state index in [1.807, 2.05) is 25.1 Å². The molecule has 84 valence electrons. The van der Waals surface area contributed by atoms with E-state index in [0.29, 0.717) is 11.3 Å². The van der Waals surface area contributed by atoms with Crippen molar-refractivity contribution in [3.63, 3.8) is 0 Å². The van der Waals surface area contributed by atoms with Gasteiger partial charge in [0.2, 0.25) is 0 Å². The third-order valence-corrected chi connectivity index (χ3v) is 2.52. The van der Waals surface area contributed by atoms with Crippen LogP contribution in [0.5, 0.6) is 0 Å². The summed E-state index contributed by atoms with van der Waals surface area (Å²) in [6.45, 7) is 1.89. The summed E-state index contributed by atoms with van der Waals surface area (Å²) in [6, 6.07) is 5.60. The van der Waals surface area contributed by atoms with Gasteiger partial charge in [-0.05, 0) is 30.7 Å². The number of H-pyrrole nitrogens is 1. The van der Waals surface area contributed by atoms with Crippen molar-refractivity contribution in [2.45, 2.75) is 6.92 Å². The van der Waals surface area contributed by atoms with E-state index in [-0.39, 0.29) is 5.69 Å². The van der Waals surface area contributed by atoms with Crippen molar-refractivity contribution in [2.75, 3.05) is 0 Å². The second-order valence-electron chi connectivity index (χ2n) is 3.72. The molecular weight excluding hydrogens is 218 g/mol. The average Bonchev–Trinajstić information content (AvgIpc) is 2.73. The van der Waals surface area contributed by atoms with E-state index in [2.05, 4.69) is 20.3 Å². The fraction of sp³-hybridized carbons (Fsp3) is 0.0909. The Bertz CT molecular complexity index is 728. The Hall–Kier alpha value is -2.50. The Kier molecular flexibility index (Phi) is 2.01. The molecule has 3 rings (SSSR count). The monoisotopic (exact) mass is 227 g/mol. The van der Waals surface area contributed by atoms with Gasteiger partial charge in [-0.25, -0.2) is 9.89 Å². The Balaban J connectivity index is 2.32. The highest BCUT2D eigenvalue weighted by Gasteiger charge is 2.08. The molecule has 0 saturated carbocycles. The number of nitrogens with zero attached hydrogens (tertiary/aromatic N) is 4. The number of hydrogen-bond acceptors (Lipinski definition) is 4. The molecule has 0 aliphatic heterocycles. The Morgan fingerprint density at radius 1 is 1.41 bits per heavy atom. The van der Waals surface area contributed by atoms with E-state index >= 15 is 0 Å². The van der Waals surface area contributed by atoms with Crippen LogP contribution >= 0.6 is 0 Å². The summed E-state index contributed by atoms with van der Waals surface area (Å²) in [7, 11) is 0. The lowest BCUT2D eigenvalue weighted by molar-refractivity contribution is 0.880. The topological polar surface area (TPSA) is 75.9 Å². The number of pyridine rings is 1. The summed E-state index contributed by atoms with van der Waals surface area (Å²) in [4.78, 5) is 15.5. The van der Waals surface area contributed by atoms with Crippen molar-refractivity contribution in [2.24, 2.45) is 0 Å². The lowest BCUT2D eigenvalue weighted by Gasteiger charge is -2.02. The van der Waals surface area contributed by atoms with Gasteiger partial charge < -0.3 is 0 Å². The smallest absolute Gasteiger partial charge is 0.264 e. The molecule has 0 unspecified atom stereocenters. The maximum Gasteiger partial charge on any atom is 0.364 e. The van der Waals surface area contributed by atoms with Crippen LogP contribution in [0.15, 0.2) is 35.4 Å². The normalized spacial score (nSPS) is 10.9. The van der Waals surface area contributed by atoms with Gasteiger partial charge in [0.15, 0.2) is 5.65 Å². The van der Waals surface area contributed by atoms with Gasteiger partial charge in [-0.1, -0.05) is 0 Å². The van der Waals surface area contributed by atoms with E-state index in [1.54, 1.807) is 12.4 Å². The first-order valence-corrected chi connectivity index (χ1v) is 5.11. The zero-order chi connectivity index (χ0) is 11.8. The first kappa shape index (κ1) is 9.71. The molecule has 0 atom stereocenters. The quantitative estimate of drug-likeness (QED) is 0.666. The number of rotatable bonds is 1. The number of hydrogen-bond donors (Lipinski definition) is 1. The lowest BCUT2D eigenvalue weighted by Crippen LogP contribution is -2.13. The summed E-state index contributed by atoms with van der Waals surface area (Å²) in [6.07, 6.45) is 3.40. The van der Waals surface area contributed by atoms with Gasteiger partial charge in [0.25, 0.3) is 0 Å². The van der Waals surface area contributed by atoms with Crippen LogP contribution in [0.2, 0.25) is 0 Å². The van der Waals surface area contributed by atoms with E-state index in [1.165, 1.54) is 4.52 Å². The minimum Gasteiger partial charge on any atom is -0.264 e. The number of aromatic nitrogens is 5. The largest absolute Gasteiger partial charge is 0.364 e. The number of nitrogens with one attached hydrogen (secondary N) is 1. The van der Waals surface area contributed by atoms with Gasteiger partial charge in [-0.15, -0.1) is 0 Å². The van der Waals surface area contributed by atoms with Crippen LogP contribution in [0.3, 0.4) is 0 Å². The second kappa shape index (κ2) is 3.51. The minimum absolute atomic E-state index is 0.339. The van der Waals surface area contributed by atoms with Crippen molar-refractivity contribution in [3.05, 3.63) is 46.6 Å². The molecule has 0 aromatic carbocycles. The highest BCUT2D eigenvalue weighted by molar-refractivity contribution is 5.61. The van der Waals surface area contributed by atoms with E-state index in [0.717, 1.165) is 11.1 Å². The molecule has 0 fully saturated rings. The van der Waals surface area contributed by atoms with Crippen molar-refractivity contribution in [3.8, 4) is 11.3 Å². The third kappa shape index (κ3) is 1.50. The maximum atomic E-state index is 11.5. The maximum absolute atomic E-state index is 11.5. The average molecular weight is 227 g/mol. The van der Waals surface area contributed by atoms with E-state index in [9.17, 15) is 4.79 Å². The molecule has 3 aromatic rings. The molecule has 0 radical (unpaired) electrons. The second-order valence-corrected chi connectivity index (χ2v) is 3.72. The highest BCUT2D eigenvalue weighted by Crippen LogP contribution is 2.17. The molecule has 3 aromatic heterocycles. The zero-order valence-electron chi connectivity index (χ0n) is 9.08. The van der Waals surface area contributed by atoms with Gasteiger partial charge in [0.1, 0.15) is 0 Å². The molecular formula is C11H9N5O. The highest BCUT2D eigenvalue weighted by atomic mass is 16.2. The molecule has 0 aliphatic rings. The first-order valence-electron chi connectivity index (χ1n) is 5.11. The molecule has 0 amide bonds. The van der Waals surface area contributed by atoms with Gasteiger partial charge in [-0.3, -0.25) is 4.98 Å². The predicted molar refractivity (Wildman–Crippen MR) is 61.6 cm³/mol. The first-order chi connectivity index (χ1) is 8.25. The molecule has 6 nitrogen and oxygen atoms in total. The van der Waals surface area contributed by atoms with Crippen LogP contribution in [0, 0.1) is 6.92 Å². The Morgan fingerprint density at radius 2 is 2.29 bits per heavy atom. The minimum atomic E-state index is -0.339. The standard InChI is InChI=1S/C11H9N5O/c1-7-5-9(8-3-2-4-12-6-8)15-16-10(7)13-14-11(16)17/h2-6H,1H3,(H,14,17). The van der Waals surface area contributed by atoms with Gasteiger partial charge >= 0.3 is 5.69 Å². The number of fused-ring (bicyclic) bond motifs is 1. The zero-order valence-corrected chi connectivity index (χ0v) is 9.08. The summed E-state index contributed by atoms with van der Waals surface area (Å²) in [5, 5.41) is 10.5. The van der Waals surface area contributed by atoms with Crippen LogP contribution in [0.25, 0.3) is 16.9 Å². The molecule has 3 heterocycles. The van der Waals surface area contributed by atoms with Crippen LogP contribution < -0.4 is 5.69 Å². The number of aromatic amines is 1. The SMILES string of the molecule is Cc1cc(-c2cccnc2)nn2c(=O)[nH]nc12. The van der Waals surface area contributed by atoms with Crippen molar-refractivity contribution in [1.82, 2.24) is 24.8 Å². The fourth-order valence-electron chi connectivity index (χ4n) is 1.70. The summed E-state index contributed by atoms with van der Waals surface area (Å²) in [5.74, 6) is 0. The van der Waals surface area contributed by atoms with Gasteiger partial charge in [0.05, 0.1) is 5.69 Å². The van der Waals surface area contributed by atoms with Crippen molar-refractivity contribution in [1.29, 1.82) is 0 Å². The molecule has 1 N–H and O–H groups in total. The third-order valence-electron chi connectivity index (χ3n) is 2.52. The van der Waals surface area contributed by atoms with Crippen LogP contribution in [0.1, 0.15) is 5.56 Å². The molecule has 0 saturated heterocycles. The van der Waals surface area contributed by atoms with Gasteiger partial charge in [0, 0.05) is 18.0 Å². The molecule has 6 heteroatoms. The van der Waals surface area contributed by atoms with E-state index < -0.39 is 0 Å². The summed E-state index contributed by atoms with van der Waals surface area (Å²) < 4.78 is 1.26. The predicted octanol–water partition coefficient (Wildman–Crippen LogP) is 0.788. The van der Waals surface area contributed by atoms with Crippen molar-refractivity contribution >= 4 is 5.65 Å². The summed E-state index contributed by atoms with van der Waals surface area (Å²) >= 11 is 0. The lowest BCUT2D eigenvalue weighted by atomic mass is 10.2. The van der Waals surface area contributed by atoms with E-state index in [4.69, 9.17) is 0 Å². The molecule has 17 heavy (non-hydrogen) atoms. The van der Waals surface area contributed by atoms with Crippen LogP contribution in [0.4, 0.5) is 0 Å². The van der Waals surface area contributed by atoms with Crippen LogP contribution in [-0.4, -0.2) is 24.8 Å². The number of aryl methyl sites for hydroxylation is 1. The molecule has 0 aliphatic carbocycles. The fourth-order valence-corrected chi connectivity index (χ4v) is 1.70. The van der Waals surface area contributed by atoms with Crippen molar-refractivity contribution < 1.29 is 0 Å². The molecule has 0 bridgehead atoms. The Labute approximate surface area is 95.9 Å². The summed E-state index contributed by atoms with van der Waals surface area (Å²) in [5.41, 5.74) is 2.66. The van der Waals surface area contributed by atoms with Crippen LogP contribution in [-0.2, 0) is 0 Å². The molecule has 0 spiro atoms.